The number of nitrogens with zero attached hydrogens (tertiary/aromatic N) is 3. The Bertz CT molecular complexity index is 958. The lowest BCUT2D eigenvalue weighted by Crippen LogP contribution is -2.43. The minimum Gasteiger partial charge on any atom is -0.339 e. The molecule has 0 aliphatic carbocycles. The highest BCUT2D eigenvalue weighted by Gasteiger charge is 2.25. The molecule has 1 aliphatic heterocycles. The topological polar surface area (TPSA) is 70.2 Å². The van der Waals surface area contributed by atoms with Gasteiger partial charge in [0.15, 0.2) is 0 Å². The number of hydrogen-bond donors (Lipinski definition) is 2. The van der Waals surface area contributed by atoms with Crippen LogP contribution in [0.3, 0.4) is 0 Å². The highest BCUT2D eigenvalue weighted by atomic mass is 16.2. The van der Waals surface area contributed by atoms with Crippen molar-refractivity contribution in [3.63, 3.8) is 0 Å². The number of nitrogens with one attached hydrogen (secondary N) is 2. The molecule has 1 unspecified atom stereocenters. The van der Waals surface area contributed by atoms with E-state index in [4.69, 9.17) is 4.98 Å². The number of amides is 2. The third-order valence-corrected chi connectivity index (χ3v) is 4.83. The smallest absolute Gasteiger partial charge is 0.315 e. The molecule has 2 heterocycles. The van der Waals surface area contributed by atoms with E-state index in [0.29, 0.717) is 12.5 Å². The number of carbonyl (C=O) groups excluding carboxylic acids is 1. The van der Waals surface area contributed by atoms with Gasteiger partial charge in [-0.05, 0) is 36.2 Å². The van der Waals surface area contributed by atoms with Crippen LogP contribution in [0.15, 0.2) is 54.7 Å². The second-order valence-electron chi connectivity index (χ2n) is 6.74. The van der Waals surface area contributed by atoms with Gasteiger partial charge in [-0.25, -0.2) is 14.8 Å². The molecule has 1 aromatic heterocycles. The fourth-order valence-electron chi connectivity index (χ4n) is 3.47. The molecular formula is C21H23N5O. The summed E-state index contributed by atoms with van der Waals surface area (Å²) in [5.41, 5.74) is 1.99. The van der Waals surface area contributed by atoms with Gasteiger partial charge in [-0.3, -0.25) is 0 Å². The summed E-state index contributed by atoms with van der Waals surface area (Å²) < 4.78 is 0. The number of fused-ring (bicyclic) bond motifs is 1. The van der Waals surface area contributed by atoms with Gasteiger partial charge in [-0.15, -0.1) is 0 Å². The van der Waals surface area contributed by atoms with Crippen LogP contribution in [0.5, 0.6) is 0 Å². The minimum absolute atomic E-state index is 0.115. The first-order valence-corrected chi connectivity index (χ1v) is 9.34. The van der Waals surface area contributed by atoms with Crippen molar-refractivity contribution in [1.29, 1.82) is 0 Å². The number of rotatable bonds is 4. The van der Waals surface area contributed by atoms with Crippen LogP contribution in [0.1, 0.15) is 13.3 Å². The van der Waals surface area contributed by atoms with Crippen LogP contribution in [0.25, 0.3) is 22.0 Å². The van der Waals surface area contributed by atoms with Crippen molar-refractivity contribution in [2.75, 3.05) is 24.5 Å². The van der Waals surface area contributed by atoms with Crippen molar-refractivity contribution in [2.24, 2.45) is 0 Å². The molecule has 3 aromatic rings. The molecule has 0 saturated carbocycles. The second kappa shape index (κ2) is 7.61. The maximum absolute atomic E-state index is 11.7. The predicted molar refractivity (Wildman–Crippen MR) is 108 cm³/mol. The van der Waals surface area contributed by atoms with Crippen LogP contribution >= 0.6 is 0 Å². The molecule has 138 valence electrons. The summed E-state index contributed by atoms with van der Waals surface area (Å²) in [5.74, 6) is 0.709. The van der Waals surface area contributed by atoms with Crippen LogP contribution in [0.4, 0.5) is 10.7 Å². The van der Waals surface area contributed by atoms with Gasteiger partial charge in [0.05, 0.1) is 5.69 Å². The molecule has 6 heteroatoms. The largest absolute Gasteiger partial charge is 0.339 e. The molecular weight excluding hydrogens is 338 g/mol. The van der Waals surface area contributed by atoms with E-state index in [-0.39, 0.29) is 12.1 Å². The van der Waals surface area contributed by atoms with Crippen molar-refractivity contribution in [3.05, 3.63) is 54.7 Å². The standard InChI is InChI=1S/C21H23N5O/c1-2-22-21(27)24-18-10-12-26(14-18)20-23-11-9-19(25-20)17-8-7-15-5-3-4-6-16(15)13-17/h3-9,11,13,18H,2,10,12,14H2,1H3,(H2,22,24,27). The molecule has 6 nitrogen and oxygen atoms in total. The van der Waals surface area contributed by atoms with E-state index >= 15 is 0 Å². The molecule has 2 aromatic carbocycles. The average Bonchev–Trinajstić information content (AvgIpc) is 3.16. The first kappa shape index (κ1) is 17.3. The van der Waals surface area contributed by atoms with E-state index in [0.717, 1.165) is 30.8 Å². The van der Waals surface area contributed by atoms with Gasteiger partial charge in [0.25, 0.3) is 0 Å². The summed E-state index contributed by atoms with van der Waals surface area (Å²) in [6.07, 6.45) is 2.69. The maximum atomic E-state index is 11.7. The van der Waals surface area contributed by atoms with E-state index in [1.807, 2.05) is 25.1 Å². The van der Waals surface area contributed by atoms with Crippen molar-refractivity contribution >= 4 is 22.8 Å². The molecule has 0 spiro atoms. The van der Waals surface area contributed by atoms with Crippen LogP contribution in [0, 0.1) is 0 Å². The Morgan fingerprint density at radius 1 is 1.19 bits per heavy atom. The van der Waals surface area contributed by atoms with Crippen molar-refractivity contribution < 1.29 is 4.79 Å². The number of anilines is 1. The quantitative estimate of drug-likeness (QED) is 0.749. The van der Waals surface area contributed by atoms with Gasteiger partial charge >= 0.3 is 6.03 Å². The summed E-state index contributed by atoms with van der Waals surface area (Å²) in [4.78, 5) is 23.1. The number of aromatic nitrogens is 2. The summed E-state index contributed by atoms with van der Waals surface area (Å²) >= 11 is 0. The summed E-state index contributed by atoms with van der Waals surface area (Å²) in [7, 11) is 0. The molecule has 2 N–H and O–H groups in total. The van der Waals surface area contributed by atoms with Gasteiger partial charge in [-0.1, -0.05) is 36.4 Å². The van der Waals surface area contributed by atoms with Crippen LogP contribution < -0.4 is 15.5 Å². The van der Waals surface area contributed by atoms with Gasteiger partial charge in [0.2, 0.25) is 5.95 Å². The maximum Gasteiger partial charge on any atom is 0.315 e. The molecule has 1 fully saturated rings. The van der Waals surface area contributed by atoms with E-state index in [1.165, 1.54) is 10.8 Å². The SMILES string of the molecule is CCNC(=O)NC1CCN(c2nccc(-c3ccc4ccccc4c3)n2)C1. The molecule has 4 rings (SSSR count). The highest BCUT2D eigenvalue weighted by molar-refractivity contribution is 5.86. The lowest BCUT2D eigenvalue weighted by atomic mass is 10.1. The fourth-order valence-corrected chi connectivity index (χ4v) is 3.47. The van der Waals surface area contributed by atoms with Gasteiger partial charge in [0.1, 0.15) is 0 Å². The lowest BCUT2D eigenvalue weighted by Gasteiger charge is -2.17. The third kappa shape index (κ3) is 3.84. The van der Waals surface area contributed by atoms with Crippen LogP contribution in [-0.4, -0.2) is 41.7 Å². The Morgan fingerprint density at radius 2 is 2.04 bits per heavy atom. The summed E-state index contributed by atoms with van der Waals surface area (Å²) in [6.45, 7) is 4.09. The Kier molecular flexibility index (Phi) is 4.87. The van der Waals surface area contributed by atoms with Crippen molar-refractivity contribution in [1.82, 2.24) is 20.6 Å². The third-order valence-electron chi connectivity index (χ3n) is 4.83. The number of carbonyl (C=O) groups is 1. The van der Waals surface area contributed by atoms with E-state index < -0.39 is 0 Å². The number of benzene rings is 2. The lowest BCUT2D eigenvalue weighted by molar-refractivity contribution is 0.238. The van der Waals surface area contributed by atoms with E-state index in [1.54, 1.807) is 6.20 Å². The van der Waals surface area contributed by atoms with Crippen molar-refractivity contribution in [2.45, 2.75) is 19.4 Å². The Balaban J connectivity index is 1.51. The monoisotopic (exact) mass is 361 g/mol. The Hall–Kier alpha value is -3.15. The number of hydrogen-bond acceptors (Lipinski definition) is 4. The normalized spacial score (nSPS) is 16.5. The zero-order chi connectivity index (χ0) is 18.6. The predicted octanol–water partition coefficient (Wildman–Crippen LogP) is 3.19. The molecule has 27 heavy (non-hydrogen) atoms. The fraction of sp³-hybridized carbons (Fsp3) is 0.286. The molecule has 0 bridgehead atoms. The molecule has 0 radical (unpaired) electrons. The van der Waals surface area contributed by atoms with Crippen LogP contribution in [-0.2, 0) is 0 Å². The zero-order valence-corrected chi connectivity index (χ0v) is 15.4. The van der Waals surface area contributed by atoms with E-state index in [2.05, 4.69) is 50.8 Å². The van der Waals surface area contributed by atoms with Crippen LogP contribution in [0.2, 0.25) is 0 Å². The molecule has 1 saturated heterocycles. The Labute approximate surface area is 158 Å². The summed E-state index contributed by atoms with van der Waals surface area (Å²) in [5, 5.41) is 8.18. The van der Waals surface area contributed by atoms with E-state index in [9.17, 15) is 4.79 Å². The zero-order valence-electron chi connectivity index (χ0n) is 15.4. The van der Waals surface area contributed by atoms with Crippen molar-refractivity contribution in [3.8, 4) is 11.3 Å². The summed E-state index contributed by atoms with van der Waals surface area (Å²) in [6, 6.07) is 16.6. The Morgan fingerprint density at radius 3 is 2.89 bits per heavy atom. The highest BCUT2D eigenvalue weighted by Crippen LogP contribution is 2.25. The molecule has 1 atom stereocenters. The first-order chi connectivity index (χ1) is 13.2. The average molecular weight is 361 g/mol. The molecule has 1 aliphatic rings. The second-order valence-corrected chi connectivity index (χ2v) is 6.74. The van der Waals surface area contributed by atoms with Gasteiger partial charge < -0.3 is 15.5 Å². The first-order valence-electron chi connectivity index (χ1n) is 9.34. The molecule has 2 amide bonds. The van der Waals surface area contributed by atoms with Gasteiger partial charge in [0, 0.05) is 37.4 Å². The number of urea groups is 1. The van der Waals surface area contributed by atoms with Gasteiger partial charge in [-0.2, -0.15) is 0 Å². The minimum atomic E-state index is -0.116.